The fraction of sp³-hybridized carbons (Fsp3) is 0.407. The van der Waals surface area contributed by atoms with Gasteiger partial charge >= 0.3 is 0 Å². The maximum atomic E-state index is 6.03. The highest BCUT2D eigenvalue weighted by molar-refractivity contribution is 5.92. The molecule has 2 aliphatic rings. The summed E-state index contributed by atoms with van der Waals surface area (Å²) in [5.74, 6) is 2.53. The van der Waals surface area contributed by atoms with Crippen LogP contribution in [-0.2, 0) is 4.74 Å². The zero-order valence-electron chi connectivity index (χ0n) is 19.3. The van der Waals surface area contributed by atoms with Crippen molar-refractivity contribution in [2.45, 2.75) is 26.7 Å². The van der Waals surface area contributed by atoms with Crippen LogP contribution in [0.1, 0.15) is 26.7 Å². The predicted molar refractivity (Wildman–Crippen MR) is 131 cm³/mol. The number of imidazole rings is 1. The SMILES string of the molecule is CC1CCN(c2cccc3ccc(-n4cnc5cc(OCC6(C)COC6)ccc54)nc23)CC1. The maximum absolute atomic E-state index is 6.03. The summed E-state index contributed by atoms with van der Waals surface area (Å²) >= 11 is 0. The lowest BCUT2D eigenvalue weighted by Gasteiger charge is -2.37. The van der Waals surface area contributed by atoms with Crippen molar-refractivity contribution in [2.75, 3.05) is 37.8 Å². The van der Waals surface area contributed by atoms with Crippen molar-refractivity contribution in [1.82, 2.24) is 14.5 Å². The van der Waals surface area contributed by atoms with Gasteiger partial charge in [-0.2, -0.15) is 0 Å². The van der Waals surface area contributed by atoms with Crippen LogP contribution in [0.25, 0.3) is 27.8 Å². The van der Waals surface area contributed by atoms with Gasteiger partial charge in [-0.3, -0.25) is 4.57 Å². The minimum Gasteiger partial charge on any atom is -0.493 e. The number of para-hydroxylation sites is 1. The van der Waals surface area contributed by atoms with Crippen molar-refractivity contribution in [1.29, 1.82) is 0 Å². The van der Waals surface area contributed by atoms with E-state index in [1.165, 1.54) is 23.9 Å². The second kappa shape index (κ2) is 8.03. The van der Waals surface area contributed by atoms with Gasteiger partial charge in [0.15, 0.2) is 0 Å². The van der Waals surface area contributed by atoms with E-state index in [-0.39, 0.29) is 5.41 Å². The van der Waals surface area contributed by atoms with Gasteiger partial charge in [-0.1, -0.05) is 26.0 Å². The molecule has 2 aromatic heterocycles. The summed E-state index contributed by atoms with van der Waals surface area (Å²) in [5.41, 5.74) is 4.34. The molecule has 2 aliphatic heterocycles. The van der Waals surface area contributed by atoms with Crippen LogP contribution in [0, 0.1) is 11.3 Å². The van der Waals surface area contributed by atoms with Crippen molar-refractivity contribution in [3.63, 3.8) is 0 Å². The Morgan fingerprint density at radius 1 is 1.09 bits per heavy atom. The normalized spacial score (nSPS) is 18.5. The summed E-state index contributed by atoms with van der Waals surface area (Å²) in [7, 11) is 0. The third kappa shape index (κ3) is 3.82. The Morgan fingerprint density at radius 3 is 2.73 bits per heavy atom. The van der Waals surface area contributed by atoms with Crippen molar-refractivity contribution in [3.8, 4) is 11.6 Å². The number of nitrogens with zero attached hydrogens (tertiary/aromatic N) is 4. The topological polar surface area (TPSA) is 52.4 Å². The van der Waals surface area contributed by atoms with Gasteiger partial charge < -0.3 is 14.4 Å². The standard InChI is InChI=1S/C27H30N4O2/c1-19-10-12-30(13-11-19)24-5-3-4-20-6-9-25(29-26(20)24)31-18-28-22-14-21(7-8-23(22)31)33-17-27(2)15-32-16-27/h3-9,14,18-19H,10-13,15-17H2,1-2H3. The van der Waals surface area contributed by atoms with Crippen molar-refractivity contribution in [2.24, 2.45) is 11.3 Å². The number of fused-ring (bicyclic) bond motifs is 2. The largest absolute Gasteiger partial charge is 0.493 e. The molecule has 0 aliphatic carbocycles. The molecule has 0 saturated carbocycles. The summed E-state index contributed by atoms with van der Waals surface area (Å²) in [6.07, 6.45) is 4.33. The highest BCUT2D eigenvalue weighted by atomic mass is 16.5. The molecule has 0 bridgehead atoms. The molecule has 2 aromatic carbocycles. The van der Waals surface area contributed by atoms with Crippen molar-refractivity contribution in [3.05, 3.63) is 54.9 Å². The molecule has 33 heavy (non-hydrogen) atoms. The van der Waals surface area contributed by atoms with Crippen LogP contribution in [0.5, 0.6) is 5.75 Å². The summed E-state index contributed by atoms with van der Waals surface area (Å²) in [5, 5.41) is 1.17. The Bertz CT molecular complexity index is 1300. The zero-order valence-corrected chi connectivity index (χ0v) is 19.3. The van der Waals surface area contributed by atoms with E-state index < -0.39 is 0 Å². The molecular formula is C27H30N4O2. The lowest BCUT2D eigenvalue weighted by Crippen LogP contribution is -2.44. The molecule has 6 heteroatoms. The second-order valence-electron chi connectivity index (χ2n) is 10.0. The van der Waals surface area contributed by atoms with Gasteiger partial charge in [-0.15, -0.1) is 0 Å². The van der Waals surface area contributed by atoms with Gasteiger partial charge in [0.1, 0.15) is 17.9 Å². The number of anilines is 1. The fourth-order valence-corrected chi connectivity index (χ4v) is 4.82. The fourth-order valence-electron chi connectivity index (χ4n) is 4.82. The van der Waals surface area contributed by atoms with Gasteiger partial charge in [-0.25, -0.2) is 9.97 Å². The minimum absolute atomic E-state index is 0.118. The summed E-state index contributed by atoms with van der Waals surface area (Å²) in [4.78, 5) is 12.2. The van der Waals surface area contributed by atoms with Crippen LogP contribution >= 0.6 is 0 Å². The van der Waals surface area contributed by atoms with E-state index in [4.69, 9.17) is 14.5 Å². The van der Waals surface area contributed by atoms with Crippen molar-refractivity contribution < 1.29 is 9.47 Å². The number of ether oxygens (including phenoxy) is 2. The van der Waals surface area contributed by atoms with Crippen LogP contribution in [0.15, 0.2) is 54.9 Å². The van der Waals surface area contributed by atoms with E-state index in [1.807, 2.05) is 18.5 Å². The lowest BCUT2D eigenvalue weighted by molar-refractivity contribution is -0.120. The molecule has 0 N–H and O–H groups in total. The first-order valence-electron chi connectivity index (χ1n) is 11.9. The molecular weight excluding hydrogens is 412 g/mol. The summed E-state index contributed by atoms with van der Waals surface area (Å²) in [6, 6.07) is 16.8. The quantitative estimate of drug-likeness (QED) is 0.424. The van der Waals surface area contributed by atoms with Gasteiger partial charge in [-0.05, 0) is 49.1 Å². The maximum Gasteiger partial charge on any atom is 0.139 e. The van der Waals surface area contributed by atoms with Crippen LogP contribution in [0.2, 0.25) is 0 Å². The Morgan fingerprint density at radius 2 is 1.94 bits per heavy atom. The average molecular weight is 443 g/mol. The molecule has 0 unspecified atom stereocenters. The minimum atomic E-state index is 0.118. The number of piperidine rings is 1. The number of aromatic nitrogens is 3. The van der Waals surface area contributed by atoms with Crippen molar-refractivity contribution >= 4 is 27.6 Å². The van der Waals surface area contributed by atoms with Gasteiger partial charge in [0.05, 0.1) is 42.1 Å². The van der Waals surface area contributed by atoms with E-state index in [0.717, 1.165) is 60.3 Å². The highest BCUT2D eigenvalue weighted by Gasteiger charge is 2.34. The molecule has 0 spiro atoms. The molecule has 0 atom stereocenters. The zero-order chi connectivity index (χ0) is 22.4. The lowest BCUT2D eigenvalue weighted by atomic mass is 9.90. The first kappa shape index (κ1) is 20.5. The third-order valence-corrected chi connectivity index (χ3v) is 7.06. The Labute approximate surface area is 194 Å². The van der Waals surface area contributed by atoms with E-state index in [2.05, 4.69) is 64.7 Å². The third-order valence-electron chi connectivity index (χ3n) is 7.06. The molecule has 2 fully saturated rings. The molecule has 6 nitrogen and oxygen atoms in total. The number of hydrogen-bond donors (Lipinski definition) is 0. The molecule has 0 radical (unpaired) electrons. The first-order valence-corrected chi connectivity index (χ1v) is 11.9. The van der Waals surface area contributed by atoms with Gasteiger partial charge in [0, 0.05) is 30.0 Å². The van der Waals surface area contributed by atoms with E-state index in [0.29, 0.717) is 6.61 Å². The Hall–Kier alpha value is -3.12. The number of benzene rings is 2. The van der Waals surface area contributed by atoms with Crippen LogP contribution < -0.4 is 9.64 Å². The molecule has 170 valence electrons. The van der Waals surface area contributed by atoms with Crippen LogP contribution in [0.4, 0.5) is 5.69 Å². The second-order valence-corrected chi connectivity index (χ2v) is 10.0. The van der Waals surface area contributed by atoms with E-state index >= 15 is 0 Å². The Balaban J connectivity index is 1.32. The summed E-state index contributed by atoms with van der Waals surface area (Å²) < 4.78 is 13.4. The monoisotopic (exact) mass is 442 g/mol. The molecule has 4 heterocycles. The summed E-state index contributed by atoms with van der Waals surface area (Å²) in [6.45, 7) is 8.89. The Kier molecular flexibility index (Phi) is 4.98. The van der Waals surface area contributed by atoms with Gasteiger partial charge in [0.25, 0.3) is 0 Å². The van der Waals surface area contributed by atoms with Gasteiger partial charge in [0.2, 0.25) is 0 Å². The van der Waals surface area contributed by atoms with Crippen LogP contribution in [0.3, 0.4) is 0 Å². The first-order chi connectivity index (χ1) is 16.1. The van der Waals surface area contributed by atoms with E-state index in [1.54, 1.807) is 0 Å². The molecule has 0 amide bonds. The molecule has 6 rings (SSSR count). The number of pyridine rings is 1. The van der Waals surface area contributed by atoms with Crippen LogP contribution in [-0.4, -0.2) is 47.4 Å². The predicted octanol–water partition coefficient (Wildman–Crippen LogP) is 5.23. The van der Waals surface area contributed by atoms with E-state index in [9.17, 15) is 0 Å². The highest BCUT2D eigenvalue weighted by Crippen LogP contribution is 2.31. The number of rotatable bonds is 5. The smallest absolute Gasteiger partial charge is 0.139 e. The molecule has 4 aromatic rings. The molecule has 2 saturated heterocycles. The average Bonchev–Trinajstić information content (AvgIpc) is 3.25. The number of hydrogen-bond acceptors (Lipinski definition) is 5.